The third-order valence-corrected chi connectivity index (χ3v) is 17.9. The van der Waals surface area contributed by atoms with Crippen LogP contribution in [0.15, 0.2) is 125 Å². The Morgan fingerprint density at radius 1 is 0.708 bits per heavy atom. The summed E-state index contributed by atoms with van der Waals surface area (Å²) in [5.74, 6) is -5.42. The molecule has 106 heavy (non-hydrogen) atoms. The van der Waals surface area contributed by atoms with Crippen LogP contribution in [0.3, 0.4) is 0 Å². The van der Waals surface area contributed by atoms with Crippen LogP contribution in [-0.2, 0) is 58.9 Å². The maximum Gasteiger partial charge on any atom is 1.00 e. The number of carboxylic acid groups (broad SMARTS) is 1. The standard InChI is InChI=1S/C69H87F2N15O17S2.Na/c1-5-23-74-67(93)80-49-12-9-14-53(39-49)105(97,98)85-50-13-8-11-45(36-50)57(40-60(88)89)82-69(95)79-48-19-17-47(18-20-48)78-68(94)75-25-29-100-31-33-101-32-30-99-28-22-59(87)83-61(43(2)3)64(91)81-56(15-10-24-73-65(72)92)63(90)86-104(4,96)42-44-34-51-38-52(35-44)102-26-6-7-27-103-58-37-46(70)16-21-54(58)62-55(71)41-76-66(77-51)84-62;/h8-9,11-14,16-21,34-39,41,43,56-57,61,85H,5-7,10,15,22-33,40,42H2,1-4H3,(H,81,91)(H,83,87)(H,88,89)(H3,72,73,92)(H2,74,80,93)(H2,75,78,94)(H,76,77,84)(H2,79,82,95);/q;+1/p-1/t56-,57+,61-,104-;/m0./s1. The van der Waals surface area contributed by atoms with Crippen molar-refractivity contribution >= 4 is 102 Å². The number of nitrogens with zero attached hydrogens (tertiary/aromatic N) is 3. The number of primary amides is 1. The van der Waals surface area contributed by atoms with Crippen molar-refractivity contribution in [2.75, 3.05) is 105 Å². The Kier molecular flexibility index (Phi) is 34.5. The summed E-state index contributed by atoms with van der Waals surface area (Å²) in [7, 11) is -7.62. The van der Waals surface area contributed by atoms with Gasteiger partial charge in [0.15, 0.2) is 5.82 Å². The molecule has 11 amide bonds. The molecular weight excluding hydrogens is 1440 g/mol. The van der Waals surface area contributed by atoms with E-state index in [1.54, 1.807) is 32.0 Å². The van der Waals surface area contributed by atoms with Gasteiger partial charge in [0.1, 0.15) is 35.1 Å². The number of hydrogen-bond donors (Lipinski definition) is 12. The number of aliphatic carboxylic acids is 1. The monoisotopic (exact) mass is 1520 g/mol. The van der Waals surface area contributed by atoms with Gasteiger partial charge in [0.2, 0.25) is 17.8 Å². The topological polar surface area (TPSA) is 453 Å². The van der Waals surface area contributed by atoms with E-state index >= 15 is 4.39 Å². The van der Waals surface area contributed by atoms with Crippen LogP contribution in [0.2, 0.25) is 0 Å². The Morgan fingerprint density at radius 3 is 2.05 bits per heavy atom. The molecule has 7 rings (SSSR count). The number of amides is 11. The molecule has 0 unspecified atom stereocenters. The molecule has 4 atom stereocenters. The van der Waals surface area contributed by atoms with E-state index in [2.05, 4.69) is 72.2 Å². The third-order valence-electron chi connectivity index (χ3n) is 15.1. The number of rotatable bonds is 35. The van der Waals surface area contributed by atoms with Crippen LogP contribution >= 0.6 is 0 Å². The number of nitrogens with two attached hydrogens (primary N) is 1. The van der Waals surface area contributed by atoms with Crippen LogP contribution in [-0.4, -0.2) is 161 Å². The maximum absolute atomic E-state index is 15.2. The summed E-state index contributed by atoms with van der Waals surface area (Å²) in [5.41, 5.74) is 7.23. The average molecular weight is 1520 g/mol. The van der Waals surface area contributed by atoms with Crippen LogP contribution < -0.4 is 108 Å². The van der Waals surface area contributed by atoms with Crippen LogP contribution in [0.25, 0.3) is 11.3 Å². The Balaban J connectivity index is 0.0000176. The minimum atomic E-state index is -4.20. The molecule has 0 saturated carbocycles. The quantitative estimate of drug-likeness (QED) is 0.0200. The molecule has 1 aromatic heterocycles. The molecule has 37 heteroatoms. The number of halogens is 2. The van der Waals surface area contributed by atoms with Crippen molar-refractivity contribution in [2.45, 2.75) is 94.5 Å². The van der Waals surface area contributed by atoms with Crippen molar-refractivity contribution in [1.29, 1.82) is 0 Å². The number of nitrogens with one attached hydrogen (secondary N) is 11. The van der Waals surface area contributed by atoms with Crippen LogP contribution in [0.5, 0.6) is 11.5 Å². The van der Waals surface area contributed by atoms with Gasteiger partial charge in [0.25, 0.3) is 15.9 Å². The van der Waals surface area contributed by atoms with Crippen molar-refractivity contribution in [2.24, 2.45) is 16.0 Å². The van der Waals surface area contributed by atoms with Gasteiger partial charge in [-0.1, -0.05) is 39.0 Å². The first-order chi connectivity index (χ1) is 50.2. The second-order valence-electron chi connectivity index (χ2n) is 24.2. The van der Waals surface area contributed by atoms with Crippen molar-refractivity contribution in [3.8, 4) is 22.8 Å². The number of ether oxygens (including phenoxy) is 5. The number of fused-ring (bicyclic) bond motifs is 6. The number of anilines is 6. The number of urea groups is 4. The van der Waals surface area contributed by atoms with E-state index < -0.39 is 110 Å². The van der Waals surface area contributed by atoms with Gasteiger partial charge >= 0.3 is 53.7 Å². The number of aromatic nitrogens is 2. The summed E-state index contributed by atoms with van der Waals surface area (Å²) in [4.78, 5) is 110. The summed E-state index contributed by atoms with van der Waals surface area (Å²) < 4.78 is 106. The fraction of sp³-hybridized carbons (Fsp3) is 0.391. The Bertz CT molecular complexity index is 4260. The van der Waals surface area contributed by atoms with Gasteiger partial charge in [0.05, 0.1) is 85.5 Å². The SMILES string of the molecule is CCCNC(=O)Nc1cccc(S(=O)(=O)Nc2cccc([C@@H](CC(=O)[O-])NC(=O)Nc3ccc(NC(=O)NCCOCCOCCOCCC(=O)N[C@H](C(=O)N[C@@H](CCCNC(N)=O)C(=O)N=[S@@](C)(=O)Cc4cc5cc(c4)OCCCCOc4cc(F)ccc4-c4nc(ncc4F)N5)C(C)C)cc3)c2)c1.[Na+]. The molecule has 2 heterocycles. The predicted molar refractivity (Wildman–Crippen MR) is 384 cm³/mol. The molecular formula is C69H86F2N15NaO17S2. The van der Waals surface area contributed by atoms with Crippen molar-refractivity contribution in [3.05, 3.63) is 138 Å². The molecule has 13 N–H and O–H groups in total. The van der Waals surface area contributed by atoms with E-state index in [1.165, 1.54) is 85.1 Å². The van der Waals surface area contributed by atoms with Crippen molar-refractivity contribution in [1.82, 2.24) is 41.9 Å². The van der Waals surface area contributed by atoms with Gasteiger partial charge in [-0.2, -0.15) is 4.36 Å². The Morgan fingerprint density at radius 2 is 1.36 bits per heavy atom. The Labute approximate surface area is 634 Å². The maximum atomic E-state index is 15.2. The second kappa shape index (κ2) is 43.0. The van der Waals surface area contributed by atoms with Gasteiger partial charge in [0, 0.05) is 90.8 Å². The molecule has 0 radical (unpaired) electrons. The fourth-order valence-corrected chi connectivity index (χ4v) is 12.6. The summed E-state index contributed by atoms with van der Waals surface area (Å²) in [5, 5.41) is 38.2. The summed E-state index contributed by atoms with van der Waals surface area (Å²) >= 11 is 0. The molecule has 4 bridgehead atoms. The van der Waals surface area contributed by atoms with E-state index in [9.17, 15) is 60.5 Å². The molecule has 0 spiro atoms. The summed E-state index contributed by atoms with van der Waals surface area (Å²) in [6, 6.07) is 19.6. The number of carbonyl (C=O) groups excluding carboxylic acids is 8. The number of sulfonamides is 1. The minimum Gasteiger partial charge on any atom is -0.550 e. The number of benzene rings is 5. The number of hydrogen-bond acceptors (Lipinski definition) is 20. The first-order valence-electron chi connectivity index (χ1n) is 33.5. The van der Waals surface area contributed by atoms with Gasteiger partial charge in [-0.3, -0.25) is 19.1 Å². The third kappa shape index (κ3) is 29.6. The molecule has 0 saturated heterocycles. The normalized spacial score (nSPS) is 13.3. The first-order valence-corrected chi connectivity index (χ1v) is 37.1. The van der Waals surface area contributed by atoms with Crippen LogP contribution in [0.1, 0.15) is 82.9 Å². The van der Waals surface area contributed by atoms with E-state index in [0.717, 1.165) is 18.3 Å². The molecule has 0 fully saturated rings. The summed E-state index contributed by atoms with van der Waals surface area (Å²) in [6.45, 7) is 6.95. The van der Waals surface area contributed by atoms with E-state index in [4.69, 9.17) is 29.4 Å². The molecule has 1 aliphatic rings. The molecule has 1 aliphatic heterocycles. The summed E-state index contributed by atoms with van der Waals surface area (Å²) in [6.07, 6.45) is 3.19. The number of carbonyl (C=O) groups is 8. The average Bonchev–Trinajstić information content (AvgIpc) is 0.920. The largest absolute Gasteiger partial charge is 1.00 e. The van der Waals surface area contributed by atoms with Gasteiger partial charge in [-0.05, 0) is 128 Å². The predicted octanol–water partition coefficient (Wildman–Crippen LogP) is 3.52. The van der Waals surface area contributed by atoms with E-state index in [-0.39, 0.29) is 171 Å². The number of carboxylic acids is 1. The Hall–Kier alpha value is -9.82. The van der Waals surface area contributed by atoms with E-state index in [0.29, 0.717) is 48.5 Å². The first kappa shape index (κ1) is 85.1. The van der Waals surface area contributed by atoms with Gasteiger partial charge in [-0.25, -0.2) is 50.6 Å². The van der Waals surface area contributed by atoms with Crippen LogP contribution in [0.4, 0.5) is 62.3 Å². The van der Waals surface area contributed by atoms with Crippen molar-refractivity contribution in [3.63, 3.8) is 0 Å². The molecule has 566 valence electrons. The zero-order valence-electron chi connectivity index (χ0n) is 59.1. The second-order valence-corrected chi connectivity index (χ2v) is 28.2. The fourth-order valence-electron chi connectivity index (χ4n) is 10.1. The zero-order valence-corrected chi connectivity index (χ0v) is 62.8. The van der Waals surface area contributed by atoms with Gasteiger partial charge < -0.3 is 92.5 Å². The van der Waals surface area contributed by atoms with Crippen molar-refractivity contribution < 1.29 is 118 Å². The molecule has 6 aromatic rings. The molecule has 0 aliphatic carbocycles. The van der Waals surface area contributed by atoms with Crippen LogP contribution in [0, 0.1) is 17.6 Å². The minimum absolute atomic E-state index is 0. The zero-order chi connectivity index (χ0) is 75.9. The smallest absolute Gasteiger partial charge is 0.550 e. The molecule has 5 aromatic carbocycles. The molecule has 32 nitrogen and oxygen atoms in total. The van der Waals surface area contributed by atoms with Gasteiger partial charge in [-0.15, -0.1) is 0 Å². The van der Waals surface area contributed by atoms with E-state index in [1.807, 2.05) is 6.92 Å².